The van der Waals surface area contributed by atoms with E-state index in [-0.39, 0.29) is 5.41 Å². The summed E-state index contributed by atoms with van der Waals surface area (Å²) in [5.74, 6) is 0. The third-order valence-electron chi connectivity index (χ3n) is 12.5. The Hall–Kier alpha value is -6.96. The summed E-state index contributed by atoms with van der Waals surface area (Å²) in [6, 6.07) is 74.3. The lowest BCUT2D eigenvalue weighted by Crippen LogP contribution is -2.16. The molecule has 0 saturated carbocycles. The number of nitrogens with zero attached hydrogens (tertiary/aromatic N) is 1. The average molecular weight is 728 g/mol. The molecule has 0 radical (unpaired) electrons. The lowest BCUT2D eigenvalue weighted by molar-refractivity contribution is 0.660. The van der Waals surface area contributed by atoms with Gasteiger partial charge in [-0.05, 0) is 144 Å². The second kappa shape index (κ2) is 13.1. The molecule has 11 rings (SSSR count). The second-order valence-electron chi connectivity index (χ2n) is 16.1. The van der Waals surface area contributed by atoms with Crippen LogP contribution in [0.15, 0.2) is 200 Å². The van der Waals surface area contributed by atoms with Crippen LogP contribution >= 0.6 is 0 Å². The second-order valence-corrected chi connectivity index (χ2v) is 16.1. The van der Waals surface area contributed by atoms with Gasteiger partial charge in [-0.2, -0.15) is 0 Å². The lowest BCUT2D eigenvalue weighted by Gasteiger charge is -2.29. The summed E-state index contributed by atoms with van der Waals surface area (Å²) < 4.78 is 0. The van der Waals surface area contributed by atoms with Crippen LogP contribution in [0.4, 0.5) is 17.1 Å². The van der Waals surface area contributed by atoms with Crippen molar-refractivity contribution in [3.05, 3.63) is 222 Å². The van der Waals surface area contributed by atoms with E-state index in [0.717, 1.165) is 23.5 Å². The molecule has 2 aliphatic carbocycles. The van der Waals surface area contributed by atoms with Crippen molar-refractivity contribution in [2.75, 3.05) is 4.90 Å². The minimum absolute atomic E-state index is 0.116. The molecule has 0 unspecified atom stereocenters. The van der Waals surface area contributed by atoms with Gasteiger partial charge in [-0.15, -0.1) is 0 Å². The SMILES string of the molecule is CC1(C)c2ccccc2-c2ccc(N(c3cccc(-c4ccccc4)c3)c3ccc4c(c3)-c3cc5ccccc5cc3-c3c(cccc3-c3ccccc3)C4)cc21. The van der Waals surface area contributed by atoms with Gasteiger partial charge in [-0.25, -0.2) is 0 Å². The number of benzene rings is 9. The third kappa shape index (κ3) is 5.46. The predicted octanol–water partition coefficient (Wildman–Crippen LogP) is 15.2. The number of anilines is 3. The molecule has 0 atom stereocenters. The fourth-order valence-corrected chi connectivity index (χ4v) is 9.64. The largest absolute Gasteiger partial charge is 0.310 e. The Morgan fingerprint density at radius 3 is 1.75 bits per heavy atom. The first-order valence-electron chi connectivity index (χ1n) is 20.1. The van der Waals surface area contributed by atoms with Crippen molar-refractivity contribution in [3.63, 3.8) is 0 Å². The number of rotatable bonds is 5. The molecule has 270 valence electrons. The summed E-state index contributed by atoms with van der Waals surface area (Å²) in [6.07, 6.45) is 0.853. The minimum Gasteiger partial charge on any atom is -0.310 e. The van der Waals surface area contributed by atoms with Gasteiger partial charge in [0.05, 0.1) is 0 Å². The molecule has 1 heteroatoms. The van der Waals surface area contributed by atoms with Crippen LogP contribution in [0.25, 0.3) is 66.4 Å². The molecule has 57 heavy (non-hydrogen) atoms. The summed E-state index contributed by atoms with van der Waals surface area (Å²) in [5.41, 5.74) is 21.5. The third-order valence-corrected chi connectivity index (χ3v) is 12.5. The van der Waals surface area contributed by atoms with Crippen molar-refractivity contribution in [2.45, 2.75) is 25.7 Å². The number of hydrogen-bond donors (Lipinski definition) is 0. The molecule has 0 saturated heterocycles. The van der Waals surface area contributed by atoms with Crippen LogP contribution in [0.5, 0.6) is 0 Å². The highest BCUT2D eigenvalue weighted by Crippen LogP contribution is 2.52. The quantitative estimate of drug-likeness (QED) is 0.171. The average Bonchev–Trinajstić information content (AvgIpc) is 3.40. The molecule has 0 spiro atoms. The van der Waals surface area contributed by atoms with E-state index in [2.05, 4.69) is 219 Å². The van der Waals surface area contributed by atoms with Crippen LogP contribution in [-0.2, 0) is 11.8 Å². The fraction of sp³-hybridized carbons (Fsp3) is 0.0714. The Labute approximate surface area is 335 Å². The van der Waals surface area contributed by atoms with Crippen molar-refractivity contribution in [1.82, 2.24) is 0 Å². The Morgan fingerprint density at radius 2 is 0.947 bits per heavy atom. The summed E-state index contributed by atoms with van der Waals surface area (Å²) in [4.78, 5) is 2.47. The van der Waals surface area contributed by atoms with E-state index >= 15 is 0 Å². The van der Waals surface area contributed by atoms with Crippen LogP contribution in [0.2, 0.25) is 0 Å². The van der Waals surface area contributed by atoms with Gasteiger partial charge in [0, 0.05) is 22.5 Å². The molecule has 0 fully saturated rings. The maximum Gasteiger partial charge on any atom is 0.0468 e. The Bertz CT molecular complexity index is 3010. The van der Waals surface area contributed by atoms with E-state index in [0.29, 0.717) is 0 Å². The zero-order chi connectivity index (χ0) is 38.1. The van der Waals surface area contributed by atoms with Crippen LogP contribution in [0.1, 0.15) is 36.1 Å². The highest BCUT2D eigenvalue weighted by molar-refractivity contribution is 6.03. The Morgan fingerprint density at radius 1 is 0.351 bits per heavy atom. The molecular formula is C56H41N. The van der Waals surface area contributed by atoms with E-state index in [4.69, 9.17) is 0 Å². The van der Waals surface area contributed by atoms with Crippen molar-refractivity contribution in [3.8, 4) is 55.6 Å². The molecule has 0 amide bonds. The van der Waals surface area contributed by atoms with Crippen LogP contribution in [0, 0.1) is 0 Å². The normalized spacial score (nSPS) is 13.2. The number of fused-ring (bicyclic) bond motifs is 9. The van der Waals surface area contributed by atoms with Crippen molar-refractivity contribution < 1.29 is 0 Å². The van der Waals surface area contributed by atoms with E-state index in [1.807, 2.05) is 0 Å². The van der Waals surface area contributed by atoms with Gasteiger partial charge in [0.25, 0.3) is 0 Å². The van der Waals surface area contributed by atoms with Gasteiger partial charge < -0.3 is 4.90 Å². The topological polar surface area (TPSA) is 3.24 Å². The molecule has 1 nitrogen and oxygen atoms in total. The van der Waals surface area contributed by atoms with Gasteiger partial charge >= 0.3 is 0 Å². The smallest absolute Gasteiger partial charge is 0.0468 e. The highest BCUT2D eigenvalue weighted by atomic mass is 15.1. The fourth-order valence-electron chi connectivity index (χ4n) is 9.64. The lowest BCUT2D eigenvalue weighted by atomic mass is 9.82. The van der Waals surface area contributed by atoms with E-state index in [1.165, 1.54) is 88.7 Å². The number of hydrogen-bond acceptors (Lipinski definition) is 1. The van der Waals surface area contributed by atoms with Gasteiger partial charge in [0.15, 0.2) is 0 Å². The van der Waals surface area contributed by atoms with E-state index in [1.54, 1.807) is 0 Å². The van der Waals surface area contributed by atoms with Gasteiger partial charge in [0.2, 0.25) is 0 Å². The summed E-state index contributed by atoms with van der Waals surface area (Å²) in [7, 11) is 0. The maximum absolute atomic E-state index is 2.47. The molecular weight excluding hydrogens is 687 g/mol. The Kier molecular flexibility index (Phi) is 7.66. The molecule has 0 heterocycles. The first-order valence-corrected chi connectivity index (χ1v) is 20.1. The van der Waals surface area contributed by atoms with Crippen LogP contribution < -0.4 is 4.90 Å². The van der Waals surface area contributed by atoms with Crippen LogP contribution in [0.3, 0.4) is 0 Å². The molecule has 0 aromatic heterocycles. The van der Waals surface area contributed by atoms with Gasteiger partial charge in [0.1, 0.15) is 0 Å². The van der Waals surface area contributed by atoms with E-state index < -0.39 is 0 Å². The predicted molar refractivity (Wildman–Crippen MR) is 241 cm³/mol. The zero-order valence-corrected chi connectivity index (χ0v) is 32.2. The zero-order valence-electron chi connectivity index (χ0n) is 32.2. The molecule has 0 N–H and O–H groups in total. The molecule has 9 aromatic rings. The minimum atomic E-state index is -0.116. The molecule has 0 aliphatic heterocycles. The Balaban J connectivity index is 1.14. The first kappa shape index (κ1) is 33.4. The molecule has 9 aromatic carbocycles. The maximum atomic E-state index is 2.47. The van der Waals surface area contributed by atoms with Crippen molar-refractivity contribution in [2.24, 2.45) is 0 Å². The van der Waals surface area contributed by atoms with Gasteiger partial charge in [-0.3, -0.25) is 0 Å². The summed E-state index contributed by atoms with van der Waals surface area (Å²) >= 11 is 0. The summed E-state index contributed by atoms with van der Waals surface area (Å²) in [6.45, 7) is 4.74. The van der Waals surface area contributed by atoms with Crippen molar-refractivity contribution >= 4 is 27.8 Å². The highest BCUT2D eigenvalue weighted by Gasteiger charge is 2.36. The first-order chi connectivity index (χ1) is 28.0. The van der Waals surface area contributed by atoms with Gasteiger partial charge in [-0.1, -0.05) is 166 Å². The van der Waals surface area contributed by atoms with E-state index in [9.17, 15) is 0 Å². The van der Waals surface area contributed by atoms with Crippen molar-refractivity contribution in [1.29, 1.82) is 0 Å². The molecule has 0 bridgehead atoms. The summed E-state index contributed by atoms with van der Waals surface area (Å²) in [5, 5.41) is 2.51. The standard InChI is InChI=1S/C56H41N/c1-56(2)53-26-12-11-24-48(53)49-30-29-46(36-54(49)56)57(44-23-13-21-39(32-44)37-15-5-3-6-16-37)45-28-27-42-31-43-22-14-25-47(38-17-7-4-8-18-38)55(43)52-34-41-20-10-9-19-40(41)33-51(52)50(42)35-45/h3-30,32-36H,31H2,1-2H3. The molecule has 2 aliphatic rings. The monoisotopic (exact) mass is 727 g/mol. The van der Waals surface area contributed by atoms with Crippen LogP contribution in [-0.4, -0.2) is 0 Å².